The number of hydrogen-bond acceptors (Lipinski definition) is 4. The number of rotatable bonds is 7. The Balaban J connectivity index is 2.57. The Kier molecular flexibility index (Phi) is 5.31. The highest BCUT2D eigenvalue weighted by molar-refractivity contribution is 5.05. The largest absolute Gasteiger partial charge is 0.394 e. The maximum absolute atomic E-state index is 9.27. The molecule has 0 saturated heterocycles. The van der Waals surface area contributed by atoms with Gasteiger partial charge in [-0.25, -0.2) is 4.98 Å². The van der Waals surface area contributed by atoms with Crippen molar-refractivity contribution in [1.82, 2.24) is 14.9 Å². The van der Waals surface area contributed by atoms with Crippen molar-refractivity contribution in [3.63, 3.8) is 0 Å². The number of aryl methyl sites for hydroxylation is 1. The molecule has 0 aliphatic rings. The van der Waals surface area contributed by atoms with Crippen LogP contribution < -0.4 is 5.32 Å². The van der Waals surface area contributed by atoms with E-state index in [4.69, 9.17) is 4.74 Å². The van der Waals surface area contributed by atoms with E-state index in [9.17, 15) is 5.11 Å². The fourth-order valence-corrected chi connectivity index (χ4v) is 1.48. The van der Waals surface area contributed by atoms with Crippen LogP contribution in [-0.2, 0) is 11.3 Å². The van der Waals surface area contributed by atoms with Crippen LogP contribution in [0, 0.1) is 0 Å². The van der Waals surface area contributed by atoms with Crippen molar-refractivity contribution in [1.29, 1.82) is 0 Å². The summed E-state index contributed by atoms with van der Waals surface area (Å²) in [7, 11) is 1.66. The summed E-state index contributed by atoms with van der Waals surface area (Å²) >= 11 is 0. The number of aliphatic hydroxyl groups excluding tert-OH is 1. The molecule has 1 aromatic heterocycles. The SMILES string of the molecule is CCn1cncc1C(CO)NCCOC. The molecule has 1 aromatic rings. The highest BCUT2D eigenvalue weighted by Crippen LogP contribution is 2.11. The average molecular weight is 213 g/mol. The van der Waals surface area contributed by atoms with Crippen molar-refractivity contribution in [2.75, 3.05) is 26.9 Å². The Labute approximate surface area is 90.1 Å². The predicted octanol–water partition coefficient (Wildman–Crippen LogP) is 0.172. The normalized spacial score (nSPS) is 13.0. The first kappa shape index (κ1) is 12.2. The van der Waals surface area contributed by atoms with Gasteiger partial charge in [0.1, 0.15) is 0 Å². The summed E-state index contributed by atoms with van der Waals surface area (Å²) < 4.78 is 6.96. The minimum atomic E-state index is -0.0670. The maximum Gasteiger partial charge on any atom is 0.0948 e. The molecule has 0 spiro atoms. The lowest BCUT2D eigenvalue weighted by Crippen LogP contribution is -2.29. The van der Waals surface area contributed by atoms with E-state index in [0.29, 0.717) is 6.61 Å². The van der Waals surface area contributed by atoms with Gasteiger partial charge in [-0.1, -0.05) is 0 Å². The van der Waals surface area contributed by atoms with E-state index in [1.807, 2.05) is 4.57 Å². The third-order valence-corrected chi connectivity index (χ3v) is 2.32. The average Bonchev–Trinajstić information content (AvgIpc) is 2.72. The summed E-state index contributed by atoms with van der Waals surface area (Å²) in [4.78, 5) is 4.07. The van der Waals surface area contributed by atoms with Crippen molar-refractivity contribution >= 4 is 0 Å². The predicted molar refractivity (Wildman–Crippen MR) is 57.6 cm³/mol. The molecule has 1 heterocycles. The first-order valence-corrected chi connectivity index (χ1v) is 5.16. The highest BCUT2D eigenvalue weighted by Gasteiger charge is 2.13. The molecule has 0 radical (unpaired) electrons. The van der Waals surface area contributed by atoms with Gasteiger partial charge in [0.15, 0.2) is 0 Å². The van der Waals surface area contributed by atoms with E-state index in [1.54, 1.807) is 19.6 Å². The van der Waals surface area contributed by atoms with Gasteiger partial charge in [0.05, 0.1) is 31.3 Å². The summed E-state index contributed by atoms with van der Waals surface area (Å²) in [5.41, 5.74) is 1.01. The van der Waals surface area contributed by atoms with Crippen LogP contribution in [0.5, 0.6) is 0 Å². The van der Waals surface area contributed by atoms with E-state index in [0.717, 1.165) is 18.8 Å². The molecule has 86 valence electrons. The lowest BCUT2D eigenvalue weighted by Gasteiger charge is -2.17. The van der Waals surface area contributed by atoms with Crippen LogP contribution in [0.1, 0.15) is 18.7 Å². The van der Waals surface area contributed by atoms with Gasteiger partial charge in [-0.2, -0.15) is 0 Å². The van der Waals surface area contributed by atoms with Crippen LogP contribution in [0.2, 0.25) is 0 Å². The molecule has 2 N–H and O–H groups in total. The Bertz CT molecular complexity index is 275. The quantitative estimate of drug-likeness (QED) is 0.634. The second kappa shape index (κ2) is 6.55. The van der Waals surface area contributed by atoms with Gasteiger partial charge < -0.3 is 19.7 Å². The van der Waals surface area contributed by atoms with E-state index in [2.05, 4.69) is 17.2 Å². The Morgan fingerprint density at radius 2 is 2.47 bits per heavy atom. The summed E-state index contributed by atoms with van der Waals surface area (Å²) in [5, 5.41) is 12.5. The fourth-order valence-electron chi connectivity index (χ4n) is 1.48. The molecule has 1 rings (SSSR count). The van der Waals surface area contributed by atoms with Crippen molar-refractivity contribution < 1.29 is 9.84 Å². The molecule has 0 bridgehead atoms. The summed E-state index contributed by atoms with van der Waals surface area (Å²) in [6, 6.07) is -0.0670. The second-order valence-electron chi connectivity index (χ2n) is 3.29. The molecule has 0 fully saturated rings. The van der Waals surface area contributed by atoms with Crippen molar-refractivity contribution in [2.45, 2.75) is 19.5 Å². The zero-order valence-electron chi connectivity index (χ0n) is 9.31. The van der Waals surface area contributed by atoms with Crippen LogP contribution in [0.3, 0.4) is 0 Å². The number of nitrogens with one attached hydrogen (secondary N) is 1. The minimum Gasteiger partial charge on any atom is -0.394 e. The molecular weight excluding hydrogens is 194 g/mol. The van der Waals surface area contributed by atoms with Crippen LogP contribution >= 0.6 is 0 Å². The molecule has 5 nitrogen and oxygen atoms in total. The first-order chi connectivity index (χ1) is 7.33. The maximum atomic E-state index is 9.27. The van der Waals surface area contributed by atoms with Crippen molar-refractivity contribution in [3.8, 4) is 0 Å². The van der Waals surface area contributed by atoms with E-state index in [-0.39, 0.29) is 12.6 Å². The molecule has 0 aliphatic carbocycles. The highest BCUT2D eigenvalue weighted by atomic mass is 16.5. The summed E-state index contributed by atoms with van der Waals surface area (Å²) in [6.45, 7) is 4.33. The van der Waals surface area contributed by atoms with E-state index >= 15 is 0 Å². The lowest BCUT2D eigenvalue weighted by molar-refractivity contribution is 0.182. The van der Waals surface area contributed by atoms with Crippen LogP contribution in [0.15, 0.2) is 12.5 Å². The standard InChI is InChI=1S/C10H19N3O2/c1-3-13-8-11-6-10(13)9(7-14)12-4-5-15-2/h6,8-9,12,14H,3-5,7H2,1-2H3. The second-order valence-corrected chi connectivity index (χ2v) is 3.29. The lowest BCUT2D eigenvalue weighted by atomic mass is 10.2. The molecule has 15 heavy (non-hydrogen) atoms. The summed E-state index contributed by atoms with van der Waals surface area (Å²) in [5.74, 6) is 0. The molecule has 1 atom stereocenters. The molecule has 1 unspecified atom stereocenters. The number of methoxy groups -OCH3 is 1. The van der Waals surface area contributed by atoms with E-state index in [1.165, 1.54) is 0 Å². The van der Waals surface area contributed by atoms with Gasteiger partial charge in [0, 0.05) is 26.4 Å². The van der Waals surface area contributed by atoms with Gasteiger partial charge in [-0.3, -0.25) is 0 Å². The van der Waals surface area contributed by atoms with Gasteiger partial charge in [0.25, 0.3) is 0 Å². The van der Waals surface area contributed by atoms with Crippen LogP contribution in [0.25, 0.3) is 0 Å². The fraction of sp³-hybridized carbons (Fsp3) is 0.700. The number of aromatic nitrogens is 2. The number of imidazole rings is 1. The molecular formula is C10H19N3O2. The van der Waals surface area contributed by atoms with Crippen molar-refractivity contribution in [3.05, 3.63) is 18.2 Å². The van der Waals surface area contributed by atoms with Gasteiger partial charge in [-0.15, -0.1) is 0 Å². The smallest absolute Gasteiger partial charge is 0.0948 e. The number of ether oxygens (including phenoxy) is 1. The first-order valence-electron chi connectivity index (χ1n) is 5.16. The third-order valence-electron chi connectivity index (χ3n) is 2.32. The van der Waals surface area contributed by atoms with Gasteiger partial charge in [0.2, 0.25) is 0 Å². The van der Waals surface area contributed by atoms with E-state index < -0.39 is 0 Å². The molecule has 0 amide bonds. The van der Waals surface area contributed by atoms with Gasteiger partial charge >= 0.3 is 0 Å². The number of hydrogen-bond donors (Lipinski definition) is 2. The van der Waals surface area contributed by atoms with Crippen molar-refractivity contribution in [2.24, 2.45) is 0 Å². The van der Waals surface area contributed by atoms with Gasteiger partial charge in [-0.05, 0) is 6.92 Å². The molecule has 0 aromatic carbocycles. The monoisotopic (exact) mass is 213 g/mol. The zero-order chi connectivity index (χ0) is 11.1. The third kappa shape index (κ3) is 3.30. The summed E-state index contributed by atoms with van der Waals surface area (Å²) in [6.07, 6.45) is 3.56. The Morgan fingerprint density at radius 3 is 3.07 bits per heavy atom. The number of nitrogens with zero attached hydrogens (tertiary/aromatic N) is 2. The van der Waals surface area contributed by atoms with Crippen LogP contribution in [0.4, 0.5) is 0 Å². The Morgan fingerprint density at radius 1 is 1.67 bits per heavy atom. The Hall–Kier alpha value is -0.910. The number of aliphatic hydroxyl groups is 1. The molecule has 0 saturated carbocycles. The molecule has 5 heteroatoms. The topological polar surface area (TPSA) is 59.3 Å². The zero-order valence-corrected chi connectivity index (χ0v) is 9.31. The van der Waals surface area contributed by atoms with Crippen LogP contribution in [-0.4, -0.2) is 41.5 Å². The minimum absolute atomic E-state index is 0.0649. The molecule has 0 aliphatic heterocycles.